The van der Waals surface area contributed by atoms with Gasteiger partial charge in [0, 0.05) is 18.9 Å². The van der Waals surface area contributed by atoms with E-state index in [1.54, 1.807) is 0 Å². The zero-order valence-corrected chi connectivity index (χ0v) is 7.34. The van der Waals surface area contributed by atoms with Crippen molar-refractivity contribution in [1.82, 2.24) is 0 Å². The van der Waals surface area contributed by atoms with Crippen LogP contribution in [0.25, 0.3) is 0 Å². The van der Waals surface area contributed by atoms with Gasteiger partial charge in [-0.1, -0.05) is 13.5 Å². The molecule has 0 fully saturated rings. The molecule has 0 saturated heterocycles. The molecule has 0 rings (SSSR count). The van der Waals surface area contributed by atoms with Crippen molar-refractivity contribution in [3.63, 3.8) is 0 Å². The molecule has 0 N–H and O–H groups in total. The van der Waals surface area contributed by atoms with Gasteiger partial charge in [-0.15, -0.1) is 0 Å². The molecule has 0 atom stereocenters. The van der Waals surface area contributed by atoms with E-state index in [0.717, 1.165) is 12.5 Å². The Hall–Kier alpha value is -1.12. The third-order valence-electron chi connectivity index (χ3n) is 1.32. The Kier molecular flexibility index (Phi) is 5.97. The number of Topliss-reactive ketones (excluding diaryl/α,β-unsaturated/α-hetero) is 1. The Balaban J connectivity index is 3.36. The molecule has 0 spiro atoms. The molecule has 3 heteroatoms. The third kappa shape index (κ3) is 5.65. The van der Waals surface area contributed by atoms with Crippen LogP contribution in [0.5, 0.6) is 0 Å². The highest BCUT2D eigenvalue weighted by molar-refractivity contribution is 5.82. The first-order chi connectivity index (χ1) is 5.70. The van der Waals surface area contributed by atoms with E-state index in [-0.39, 0.29) is 12.4 Å². The first-order valence-electron chi connectivity index (χ1n) is 4.01. The van der Waals surface area contributed by atoms with E-state index in [4.69, 9.17) is 0 Å². The molecule has 0 unspecified atom stereocenters. The van der Waals surface area contributed by atoms with Crippen LogP contribution in [-0.4, -0.2) is 18.4 Å². The summed E-state index contributed by atoms with van der Waals surface area (Å²) >= 11 is 0. The van der Waals surface area contributed by atoms with Gasteiger partial charge in [0.2, 0.25) is 0 Å². The number of hydrogen-bond acceptors (Lipinski definition) is 3. The van der Waals surface area contributed by atoms with Gasteiger partial charge in [0.25, 0.3) is 0 Å². The minimum absolute atomic E-state index is 0.134. The van der Waals surface area contributed by atoms with Gasteiger partial charge in [-0.05, 0) is 6.42 Å². The minimum Gasteiger partial charge on any atom is -0.462 e. The average Bonchev–Trinajstić information content (AvgIpc) is 2.04. The number of hydrogen-bond donors (Lipinski definition) is 0. The highest BCUT2D eigenvalue weighted by Gasteiger charge is 2.01. The van der Waals surface area contributed by atoms with Crippen molar-refractivity contribution in [2.24, 2.45) is 0 Å². The average molecular weight is 170 g/mol. The molecule has 0 aromatic carbocycles. The highest BCUT2D eigenvalue weighted by atomic mass is 16.5. The lowest BCUT2D eigenvalue weighted by Crippen LogP contribution is -2.07. The molecule has 0 radical (unpaired) electrons. The van der Waals surface area contributed by atoms with E-state index in [1.807, 2.05) is 6.92 Å². The van der Waals surface area contributed by atoms with Crippen LogP contribution in [0.3, 0.4) is 0 Å². The summed E-state index contributed by atoms with van der Waals surface area (Å²) in [5.74, 6) is -0.339. The molecule has 0 aromatic heterocycles. The van der Waals surface area contributed by atoms with Gasteiger partial charge in [-0.25, -0.2) is 4.79 Å². The van der Waals surface area contributed by atoms with Crippen LogP contribution in [0.4, 0.5) is 0 Å². The van der Waals surface area contributed by atoms with Crippen LogP contribution in [0.1, 0.15) is 26.2 Å². The minimum atomic E-state index is -0.473. The molecule has 0 heterocycles. The maximum absolute atomic E-state index is 10.9. The van der Waals surface area contributed by atoms with E-state index in [2.05, 4.69) is 11.3 Å². The van der Waals surface area contributed by atoms with Crippen LogP contribution in [0.2, 0.25) is 0 Å². The van der Waals surface area contributed by atoms with E-state index < -0.39 is 5.97 Å². The lowest BCUT2D eigenvalue weighted by molar-refractivity contribution is -0.138. The summed E-state index contributed by atoms with van der Waals surface area (Å²) in [5, 5.41) is 0. The fraction of sp³-hybridized carbons (Fsp3) is 0.556. The van der Waals surface area contributed by atoms with Gasteiger partial charge >= 0.3 is 5.97 Å². The highest BCUT2D eigenvalue weighted by Crippen LogP contribution is 1.94. The van der Waals surface area contributed by atoms with Crippen molar-refractivity contribution in [2.75, 3.05) is 6.61 Å². The zero-order valence-electron chi connectivity index (χ0n) is 7.34. The molecule has 0 saturated carbocycles. The van der Waals surface area contributed by atoms with Crippen molar-refractivity contribution in [3.05, 3.63) is 12.7 Å². The van der Waals surface area contributed by atoms with Gasteiger partial charge in [0.05, 0.1) is 6.61 Å². The first-order valence-corrected chi connectivity index (χ1v) is 4.01. The Labute approximate surface area is 72.4 Å². The summed E-state index contributed by atoms with van der Waals surface area (Å²) < 4.78 is 4.63. The van der Waals surface area contributed by atoms with E-state index in [0.29, 0.717) is 12.8 Å². The summed E-state index contributed by atoms with van der Waals surface area (Å²) in [5.41, 5.74) is 0. The Bertz CT molecular complexity index is 173. The number of ether oxygens (including phenoxy) is 1. The second-order valence-corrected chi connectivity index (χ2v) is 2.41. The molecule has 0 amide bonds. The topological polar surface area (TPSA) is 43.4 Å². The van der Waals surface area contributed by atoms with Gasteiger partial charge in [-0.2, -0.15) is 0 Å². The van der Waals surface area contributed by atoms with Crippen molar-refractivity contribution >= 4 is 11.8 Å². The number of carbonyl (C=O) groups is 2. The van der Waals surface area contributed by atoms with Crippen LogP contribution in [0, 0.1) is 0 Å². The van der Waals surface area contributed by atoms with Gasteiger partial charge < -0.3 is 4.74 Å². The number of carbonyl (C=O) groups excluding carboxylic acids is 2. The number of ketones is 1. The Morgan fingerprint density at radius 3 is 2.58 bits per heavy atom. The summed E-state index contributed by atoms with van der Waals surface area (Å²) in [6.45, 7) is 5.34. The van der Waals surface area contributed by atoms with Gasteiger partial charge in [0.1, 0.15) is 5.78 Å². The lowest BCUT2D eigenvalue weighted by atomic mass is 10.2. The second-order valence-electron chi connectivity index (χ2n) is 2.41. The fourth-order valence-electron chi connectivity index (χ4n) is 0.728. The van der Waals surface area contributed by atoms with Gasteiger partial charge in [-0.3, -0.25) is 4.79 Å². The maximum atomic E-state index is 10.9. The summed E-state index contributed by atoms with van der Waals surface area (Å²) in [6.07, 6.45) is 2.80. The van der Waals surface area contributed by atoms with Crippen molar-refractivity contribution in [1.29, 1.82) is 0 Å². The molecular weight excluding hydrogens is 156 g/mol. The first kappa shape index (κ1) is 10.9. The van der Waals surface area contributed by atoms with E-state index in [9.17, 15) is 9.59 Å². The summed E-state index contributed by atoms with van der Waals surface area (Å²) in [4.78, 5) is 21.4. The van der Waals surface area contributed by atoms with Crippen molar-refractivity contribution in [2.45, 2.75) is 26.2 Å². The Morgan fingerprint density at radius 2 is 2.08 bits per heavy atom. The van der Waals surface area contributed by atoms with Gasteiger partial charge in [0.15, 0.2) is 0 Å². The molecule has 0 aliphatic heterocycles. The summed E-state index contributed by atoms with van der Waals surface area (Å²) in [6, 6.07) is 0. The lowest BCUT2D eigenvalue weighted by Gasteiger charge is -1.99. The summed E-state index contributed by atoms with van der Waals surface area (Å²) in [7, 11) is 0. The maximum Gasteiger partial charge on any atom is 0.330 e. The predicted octanol–water partition coefficient (Wildman–Crippen LogP) is 1.47. The quantitative estimate of drug-likeness (QED) is 0.448. The molecule has 0 aromatic rings. The largest absolute Gasteiger partial charge is 0.462 e. The van der Waals surface area contributed by atoms with Crippen LogP contribution < -0.4 is 0 Å². The van der Waals surface area contributed by atoms with Crippen LogP contribution in [0.15, 0.2) is 12.7 Å². The number of esters is 1. The monoisotopic (exact) mass is 170 g/mol. The molecular formula is C9H14O3. The zero-order chi connectivity index (χ0) is 9.40. The molecule has 68 valence electrons. The van der Waals surface area contributed by atoms with Crippen molar-refractivity contribution in [3.8, 4) is 0 Å². The van der Waals surface area contributed by atoms with Crippen LogP contribution in [-0.2, 0) is 14.3 Å². The van der Waals surface area contributed by atoms with E-state index in [1.165, 1.54) is 0 Å². The standard InChI is InChI=1S/C9H14O3/c1-3-5-8(10)6-7-12-9(11)4-2/h4H,2-3,5-7H2,1H3. The predicted molar refractivity (Wildman–Crippen MR) is 45.7 cm³/mol. The third-order valence-corrected chi connectivity index (χ3v) is 1.32. The fourth-order valence-corrected chi connectivity index (χ4v) is 0.728. The van der Waals surface area contributed by atoms with Crippen LogP contribution >= 0.6 is 0 Å². The molecule has 12 heavy (non-hydrogen) atoms. The van der Waals surface area contributed by atoms with Crippen molar-refractivity contribution < 1.29 is 14.3 Å². The molecule has 0 aliphatic rings. The molecule has 3 nitrogen and oxygen atoms in total. The van der Waals surface area contributed by atoms with E-state index >= 15 is 0 Å². The smallest absolute Gasteiger partial charge is 0.330 e. The number of rotatable bonds is 6. The Morgan fingerprint density at radius 1 is 1.42 bits per heavy atom. The molecule has 0 aliphatic carbocycles. The molecule has 0 bridgehead atoms. The SMILES string of the molecule is C=CC(=O)OCCC(=O)CCC. The normalized spacial score (nSPS) is 9.08. The second kappa shape index (κ2) is 6.58.